The molecule has 0 radical (unpaired) electrons. The highest BCUT2D eigenvalue weighted by molar-refractivity contribution is 7.47. The summed E-state index contributed by atoms with van der Waals surface area (Å²) in [6.07, 6.45) is 38.5. The highest BCUT2D eigenvalue weighted by Crippen LogP contribution is 2.43. The third-order valence-electron chi connectivity index (χ3n) is 8.04. The standard InChI is InChI=1S/C42H70NO11P/c1-3-5-7-9-11-12-13-14-15-16-17-18-20-24-28-32-40(45)51-34-38(35-52-55(49,50)53-36-39(43)42(47)48)54-41(46)33-29-25-21-23-27-31-37(44)30-26-22-19-10-8-6-4-2/h6,8,11-12,14-15,17-19,22,26,30,37-39,44H,3-5,7,9-10,13,16,20-21,23-25,27-29,31-36,43H2,1-2H3,(H,47,48)(H,49,50)/b8-6+,12-11-,15-14-,18-17-,22-19+,30-26+/t37?,38-,39+/m1/s1. The predicted octanol–water partition coefficient (Wildman–Crippen LogP) is 9.14. The van der Waals surface area contributed by atoms with E-state index in [0.29, 0.717) is 19.3 Å². The van der Waals surface area contributed by atoms with Gasteiger partial charge in [-0.15, -0.1) is 0 Å². The maximum Gasteiger partial charge on any atom is 0.472 e. The van der Waals surface area contributed by atoms with Crippen LogP contribution in [0.2, 0.25) is 0 Å². The van der Waals surface area contributed by atoms with Crippen LogP contribution in [0, 0.1) is 0 Å². The Hall–Kier alpha value is -3.12. The SMILES string of the molecule is CC/C=C/C/C=C/C=C/C(O)CCCCCCCC(=O)O[C@H](COC(=O)CCCC/C=C\C/C=C\C/C=C\CCCCC)COP(=O)(O)OC[C@H](N)C(=O)O. The molecule has 0 rings (SSSR count). The number of unbranched alkanes of at least 4 members (excludes halogenated alkanes) is 9. The summed E-state index contributed by atoms with van der Waals surface area (Å²) in [7, 11) is -4.75. The number of carbonyl (C=O) groups is 3. The molecule has 0 amide bonds. The first-order valence-electron chi connectivity index (χ1n) is 20.1. The number of nitrogens with two attached hydrogens (primary N) is 1. The maximum absolute atomic E-state index is 12.6. The predicted molar refractivity (Wildman–Crippen MR) is 218 cm³/mol. The highest BCUT2D eigenvalue weighted by Gasteiger charge is 2.28. The van der Waals surface area contributed by atoms with E-state index >= 15 is 0 Å². The molecule has 55 heavy (non-hydrogen) atoms. The number of rotatable bonds is 36. The normalized spacial score (nSPS) is 15.1. The third-order valence-corrected chi connectivity index (χ3v) is 8.99. The molecule has 0 aliphatic carbocycles. The molecular formula is C42H70NO11P. The van der Waals surface area contributed by atoms with Gasteiger partial charge in [-0.05, 0) is 70.6 Å². The van der Waals surface area contributed by atoms with Crippen LogP contribution < -0.4 is 5.73 Å². The van der Waals surface area contributed by atoms with Gasteiger partial charge in [-0.1, -0.05) is 125 Å². The van der Waals surface area contributed by atoms with Gasteiger partial charge in [-0.3, -0.25) is 23.4 Å². The smallest absolute Gasteiger partial charge is 0.472 e. The van der Waals surface area contributed by atoms with Crippen LogP contribution in [-0.2, 0) is 37.5 Å². The summed E-state index contributed by atoms with van der Waals surface area (Å²) in [6.45, 7) is 2.47. The van der Waals surface area contributed by atoms with Gasteiger partial charge in [0.25, 0.3) is 0 Å². The summed E-state index contributed by atoms with van der Waals surface area (Å²) in [5, 5.41) is 19.0. The quantitative estimate of drug-likeness (QED) is 0.0155. The number of hydrogen-bond donors (Lipinski definition) is 4. The van der Waals surface area contributed by atoms with Crippen LogP contribution in [0.15, 0.2) is 72.9 Å². The number of carbonyl (C=O) groups excluding carboxylic acids is 2. The monoisotopic (exact) mass is 795 g/mol. The second-order valence-corrected chi connectivity index (χ2v) is 14.7. The largest absolute Gasteiger partial charge is 0.480 e. The van der Waals surface area contributed by atoms with Crippen LogP contribution in [0.4, 0.5) is 0 Å². The Bertz CT molecular complexity index is 1230. The van der Waals surface area contributed by atoms with Crippen LogP contribution >= 0.6 is 7.82 Å². The molecule has 0 fully saturated rings. The minimum absolute atomic E-state index is 0.0792. The maximum atomic E-state index is 12.6. The lowest BCUT2D eigenvalue weighted by molar-refractivity contribution is -0.161. The van der Waals surface area contributed by atoms with E-state index in [-0.39, 0.29) is 12.8 Å². The molecule has 0 saturated carbocycles. The van der Waals surface area contributed by atoms with Crippen LogP contribution in [0.5, 0.6) is 0 Å². The summed E-state index contributed by atoms with van der Waals surface area (Å²) in [5.74, 6) is -2.53. The van der Waals surface area contributed by atoms with E-state index in [4.69, 9.17) is 24.8 Å². The molecule has 0 bridgehead atoms. The number of aliphatic hydroxyl groups is 1. The van der Waals surface area contributed by atoms with Crippen LogP contribution in [0.3, 0.4) is 0 Å². The lowest BCUT2D eigenvalue weighted by Gasteiger charge is -2.20. The fourth-order valence-electron chi connectivity index (χ4n) is 4.84. The van der Waals surface area contributed by atoms with E-state index in [1.165, 1.54) is 19.3 Å². The van der Waals surface area contributed by atoms with Crippen molar-refractivity contribution in [2.75, 3.05) is 19.8 Å². The molecule has 12 nitrogen and oxygen atoms in total. The number of hydrogen-bond acceptors (Lipinski definition) is 10. The summed E-state index contributed by atoms with van der Waals surface area (Å²) in [4.78, 5) is 45.8. The molecule has 0 spiro atoms. The Morgan fingerprint density at radius 3 is 1.91 bits per heavy atom. The van der Waals surface area contributed by atoms with Gasteiger partial charge < -0.3 is 30.3 Å². The van der Waals surface area contributed by atoms with E-state index < -0.39 is 63.8 Å². The number of phosphoric acid groups is 1. The van der Waals surface area contributed by atoms with Gasteiger partial charge in [0.15, 0.2) is 6.10 Å². The van der Waals surface area contributed by atoms with E-state index in [2.05, 4.69) is 67.0 Å². The summed E-state index contributed by atoms with van der Waals surface area (Å²) < 4.78 is 32.5. The van der Waals surface area contributed by atoms with Crippen LogP contribution in [-0.4, -0.2) is 71.1 Å². The van der Waals surface area contributed by atoms with Gasteiger partial charge >= 0.3 is 25.7 Å². The minimum atomic E-state index is -4.75. The van der Waals surface area contributed by atoms with Gasteiger partial charge in [-0.25, -0.2) is 4.57 Å². The molecule has 5 N–H and O–H groups in total. The van der Waals surface area contributed by atoms with Crippen molar-refractivity contribution in [2.24, 2.45) is 5.73 Å². The molecule has 0 aromatic heterocycles. The van der Waals surface area contributed by atoms with Crippen molar-refractivity contribution in [1.82, 2.24) is 0 Å². The molecule has 2 unspecified atom stereocenters. The van der Waals surface area contributed by atoms with Gasteiger partial charge in [-0.2, -0.15) is 0 Å². The summed E-state index contributed by atoms with van der Waals surface area (Å²) >= 11 is 0. The average molecular weight is 796 g/mol. The molecule has 0 aliphatic heterocycles. The second kappa shape index (κ2) is 36.5. The van der Waals surface area contributed by atoms with Crippen molar-refractivity contribution in [3.8, 4) is 0 Å². The number of aliphatic hydroxyl groups excluding tert-OH is 1. The first kappa shape index (κ1) is 51.9. The Morgan fingerprint density at radius 1 is 0.673 bits per heavy atom. The minimum Gasteiger partial charge on any atom is -0.480 e. The van der Waals surface area contributed by atoms with E-state index in [1.807, 2.05) is 18.2 Å². The lowest BCUT2D eigenvalue weighted by Crippen LogP contribution is -2.34. The summed E-state index contributed by atoms with van der Waals surface area (Å²) in [6, 6.07) is -1.55. The second-order valence-electron chi connectivity index (χ2n) is 13.2. The van der Waals surface area contributed by atoms with Crippen LogP contribution in [0.25, 0.3) is 0 Å². The topological polar surface area (TPSA) is 192 Å². The average Bonchev–Trinajstić information content (AvgIpc) is 3.15. The molecule has 0 heterocycles. The third kappa shape index (κ3) is 36.3. The number of carboxylic acid groups (broad SMARTS) is 1. The highest BCUT2D eigenvalue weighted by atomic mass is 31.2. The van der Waals surface area contributed by atoms with Crippen LogP contribution in [0.1, 0.15) is 136 Å². The van der Waals surface area contributed by atoms with E-state index in [0.717, 1.165) is 70.6 Å². The number of carboxylic acids is 1. The fraction of sp³-hybridized carbons (Fsp3) is 0.643. The zero-order chi connectivity index (χ0) is 40.8. The molecule has 0 aromatic carbocycles. The molecule has 314 valence electrons. The Morgan fingerprint density at radius 2 is 1.24 bits per heavy atom. The molecule has 4 atom stereocenters. The van der Waals surface area contributed by atoms with Crippen molar-refractivity contribution >= 4 is 25.7 Å². The Labute approximate surface area is 330 Å². The number of ether oxygens (including phenoxy) is 2. The van der Waals surface area contributed by atoms with Crippen molar-refractivity contribution < 1.29 is 52.6 Å². The van der Waals surface area contributed by atoms with Crippen molar-refractivity contribution in [3.63, 3.8) is 0 Å². The number of allylic oxidation sites excluding steroid dienone is 11. The number of phosphoric ester groups is 1. The summed E-state index contributed by atoms with van der Waals surface area (Å²) in [5.41, 5.74) is 5.31. The van der Waals surface area contributed by atoms with E-state index in [1.54, 1.807) is 6.08 Å². The zero-order valence-electron chi connectivity index (χ0n) is 33.3. The zero-order valence-corrected chi connectivity index (χ0v) is 34.2. The molecule has 13 heteroatoms. The molecule has 0 aliphatic rings. The number of esters is 2. The fourth-order valence-corrected chi connectivity index (χ4v) is 5.62. The van der Waals surface area contributed by atoms with Gasteiger partial charge in [0.2, 0.25) is 0 Å². The first-order valence-corrected chi connectivity index (χ1v) is 21.6. The van der Waals surface area contributed by atoms with Gasteiger partial charge in [0, 0.05) is 12.8 Å². The molecule has 0 saturated heterocycles. The lowest BCUT2D eigenvalue weighted by atomic mass is 10.1. The van der Waals surface area contributed by atoms with E-state index in [9.17, 15) is 28.9 Å². The first-order chi connectivity index (χ1) is 26.5. The van der Waals surface area contributed by atoms with Crippen molar-refractivity contribution in [1.29, 1.82) is 0 Å². The van der Waals surface area contributed by atoms with Gasteiger partial charge in [0.1, 0.15) is 12.6 Å². The Kier molecular flexibility index (Phi) is 34.4. The van der Waals surface area contributed by atoms with Crippen molar-refractivity contribution in [2.45, 2.75) is 154 Å². The Balaban J connectivity index is 4.59. The number of aliphatic carboxylic acids is 1. The molecular weight excluding hydrogens is 725 g/mol. The van der Waals surface area contributed by atoms with Gasteiger partial charge in [0.05, 0.1) is 19.3 Å². The van der Waals surface area contributed by atoms with Crippen molar-refractivity contribution in [3.05, 3.63) is 72.9 Å². The molecule has 0 aromatic rings.